The number of carbonyl (C=O) groups excluding carboxylic acids is 1. The van der Waals surface area contributed by atoms with Gasteiger partial charge in [-0.15, -0.1) is 0 Å². The standard InChI is InChI=1S/C13H13F3O2/c1-13(6-2-3-7-18-13)12(17)8-4-5-9(14)11(16)10(8)15/h4-5H,2-3,6-7H2,1H3. The lowest BCUT2D eigenvalue weighted by molar-refractivity contribution is -0.0428. The minimum Gasteiger partial charge on any atom is -0.367 e. The van der Waals surface area contributed by atoms with Crippen molar-refractivity contribution >= 4 is 5.78 Å². The summed E-state index contributed by atoms with van der Waals surface area (Å²) in [6, 6.07) is 1.71. The van der Waals surface area contributed by atoms with Crippen LogP contribution >= 0.6 is 0 Å². The summed E-state index contributed by atoms with van der Waals surface area (Å²) in [5, 5.41) is 0. The predicted molar refractivity (Wildman–Crippen MR) is 58.9 cm³/mol. The minimum atomic E-state index is -1.62. The molecule has 0 aliphatic carbocycles. The molecule has 0 N–H and O–H groups in total. The molecule has 1 aliphatic heterocycles. The van der Waals surface area contributed by atoms with Gasteiger partial charge in [0.2, 0.25) is 0 Å². The van der Waals surface area contributed by atoms with Crippen LogP contribution in [0.25, 0.3) is 0 Å². The molecular formula is C13H13F3O2. The summed E-state index contributed by atoms with van der Waals surface area (Å²) in [5.74, 6) is -5.02. The Hall–Kier alpha value is -1.36. The van der Waals surface area contributed by atoms with Gasteiger partial charge >= 0.3 is 0 Å². The molecule has 1 fully saturated rings. The number of benzene rings is 1. The van der Waals surface area contributed by atoms with Crippen LogP contribution in [0.15, 0.2) is 12.1 Å². The lowest BCUT2D eigenvalue weighted by atomic mass is 9.87. The number of rotatable bonds is 2. The second kappa shape index (κ2) is 4.72. The molecule has 2 nitrogen and oxygen atoms in total. The SMILES string of the molecule is CC1(C(=O)c2ccc(F)c(F)c2F)CCCCO1. The molecule has 2 rings (SSSR count). The van der Waals surface area contributed by atoms with Crippen LogP contribution in [-0.2, 0) is 4.74 Å². The molecule has 1 aliphatic rings. The highest BCUT2D eigenvalue weighted by Gasteiger charge is 2.38. The van der Waals surface area contributed by atoms with E-state index < -0.39 is 34.4 Å². The summed E-state index contributed by atoms with van der Waals surface area (Å²) in [5.41, 5.74) is -1.61. The van der Waals surface area contributed by atoms with Gasteiger partial charge in [0.25, 0.3) is 0 Å². The van der Waals surface area contributed by atoms with Gasteiger partial charge in [0.1, 0.15) is 5.60 Å². The molecule has 0 spiro atoms. The molecule has 0 amide bonds. The first-order chi connectivity index (χ1) is 8.46. The fraction of sp³-hybridized carbons (Fsp3) is 0.462. The van der Waals surface area contributed by atoms with Gasteiger partial charge in [-0.1, -0.05) is 0 Å². The molecule has 0 bridgehead atoms. The van der Waals surface area contributed by atoms with Gasteiger partial charge in [0, 0.05) is 6.61 Å². The second-order valence-electron chi connectivity index (χ2n) is 4.59. The third-order valence-corrected chi connectivity index (χ3v) is 3.23. The lowest BCUT2D eigenvalue weighted by Gasteiger charge is -2.32. The fourth-order valence-electron chi connectivity index (χ4n) is 2.10. The number of halogens is 3. The molecule has 1 saturated heterocycles. The Morgan fingerprint density at radius 2 is 1.94 bits per heavy atom. The molecule has 98 valence electrons. The Balaban J connectivity index is 2.37. The lowest BCUT2D eigenvalue weighted by Crippen LogP contribution is -2.41. The Morgan fingerprint density at radius 1 is 1.22 bits per heavy atom. The summed E-state index contributed by atoms with van der Waals surface area (Å²) in [6.07, 6.45) is 2.07. The van der Waals surface area contributed by atoms with E-state index in [9.17, 15) is 18.0 Å². The first-order valence-corrected chi connectivity index (χ1v) is 5.78. The Bertz CT molecular complexity index is 479. The third-order valence-electron chi connectivity index (χ3n) is 3.23. The van der Waals surface area contributed by atoms with E-state index in [1.165, 1.54) is 0 Å². The van der Waals surface area contributed by atoms with Crippen LogP contribution in [0.3, 0.4) is 0 Å². The van der Waals surface area contributed by atoms with Gasteiger partial charge in [-0.25, -0.2) is 13.2 Å². The maximum atomic E-state index is 13.5. The first-order valence-electron chi connectivity index (χ1n) is 5.78. The number of hydrogen-bond acceptors (Lipinski definition) is 2. The van der Waals surface area contributed by atoms with E-state index in [1.54, 1.807) is 6.92 Å². The van der Waals surface area contributed by atoms with Crippen molar-refractivity contribution in [3.8, 4) is 0 Å². The van der Waals surface area contributed by atoms with E-state index in [-0.39, 0.29) is 0 Å². The van der Waals surface area contributed by atoms with E-state index >= 15 is 0 Å². The molecular weight excluding hydrogens is 245 g/mol. The van der Waals surface area contributed by atoms with E-state index in [0.717, 1.165) is 25.0 Å². The van der Waals surface area contributed by atoms with Crippen LogP contribution in [0.4, 0.5) is 13.2 Å². The van der Waals surface area contributed by atoms with E-state index in [4.69, 9.17) is 4.74 Å². The van der Waals surface area contributed by atoms with Crippen molar-refractivity contribution in [2.45, 2.75) is 31.8 Å². The van der Waals surface area contributed by atoms with Crippen LogP contribution in [0.5, 0.6) is 0 Å². The normalized spacial score (nSPS) is 24.0. The van der Waals surface area contributed by atoms with Gasteiger partial charge in [0.05, 0.1) is 5.56 Å². The van der Waals surface area contributed by atoms with Crippen molar-refractivity contribution in [3.63, 3.8) is 0 Å². The van der Waals surface area contributed by atoms with Crippen LogP contribution in [0.1, 0.15) is 36.5 Å². The summed E-state index contributed by atoms with van der Waals surface area (Å²) in [4.78, 5) is 12.2. The average molecular weight is 258 g/mol. The number of ketones is 1. The molecule has 1 aromatic rings. The van der Waals surface area contributed by atoms with Crippen molar-refractivity contribution in [2.75, 3.05) is 6.61 Å². The maximum Gasteiger partial charge on any atom is 0.197 e. The Kier molecular flexibility index (Phi) is 3.43. The molecule has 0 aromatic heterocycles. The molecule has 0 radical (unpaired) electrons. The van der Waals surface area contributed by atoms with Crippen molar-refractivity contribution in [1.82, 2.24) is 0 Å². The molecule has 18 heavy (non-hydrogen) atoms. The van der Waals surface area contributed by atoms with Gasteiger partial charge in [-0.05, 0) is 38.3 Å². The zero-order valence-electron chi connectivity index (χ0n) is 9.93. The molecule has 1 atom stereocenters. The third kappa shape index (κ3) is 2.14. The summed E-state index contributed by atoms with van der Waals surface area (Å²) >= 11 is 0. The first kappa shape index (κ1) is 13.1. The fourth-order valence-corrected chi connectivity index (χ4v) is 2.10. The number of hydrogen-bond donors (Lipinski definition) is 0. The Morgan fingerprint density at radius 3 is 2.56 bits per heavy atom. The van der Waals surface area contributed by atoms with Crippen molar-refractivity contribution < 1.29 is 22.7 Å². The monoisotopic (exact) mass is 258 g/mol. The largest absolute Gasteiger partial charge is 0.367 e. The highest BCUT2D eigenvalue weighted by atomic mass is 19.2. The van der Waals surface area contributed by atoms with Gasteiger partial charge in [-0.3, -0.25) is 4.79 Å². The molecule has 5 heteroatoms. The Labute approximate surface area is 103 Å². The highest BCUT2D eigenvalue weighted by Crippen LogP contribution is 2.29. The van der Waals surface area contributed by atoms with Gasteiger partial charge in [-0.2, -0.15) is 0 Å². The van der Waals surface area contributed by atoms with Crippen molar-refractivity contribution in [3.05, 3.63) is 35.1 Å². The predicted octanol–water partition coefficient (Wildman–Crippen LogP) is 3.25. The summed E-state index contributed by atoms with van der Waals surface area (Å²) < 4.78 is 44.8. The van der Waals surface area contributed by atoms with Crippen LogP contribution < -0.4 is 0 Å². The summed E-state index contributed by atoms with van der Waals surface area (Å²) in [7, 11) is 0. The van der Waals surface area contributed by atoms with Crippen LogP contribution in [-0.4, -0.2) is 18.0 Å². The van der Waals surface area contributed by atoms with Crippen LogP contribution in [0.2, 0.25) is 0 Å². The number of carbonyl (C=O) groups is 1. The maximum absolute atomic E-state index is 13.5. The summed E-state index contributed by atoms with van der Waals surface area (Å²) in [6.45, 7) is 1.96. The topological polar surface area (TPSA) is 26.3 Å². The zero-order valence-corrected chi connectivity index (χ0v) is 9.93. The molecule has 1 unspecified atom stereocenters. The highest BCUT2D eigenvalue weighted by molar-refractivity contribution is 6.02. The molecule has 1 heterocycles. The van der Waals surface area contributed by atoms with Gasteiger partial charge in [0.15, 0.2) is 23.2 Å². The van der Waals surface area contributed by atoms with E-state index in [1.807, 2.05) is 0 Å². The van der Waals surface area contributed by atoms with Crippen LogP contribution in [0, 0.1) is 17.5 Å². The van der Waals surface area contributed by atoms with Crippen molar-refractivity contribution in [1.29, 1.82) is 0 Å². The number of Topliss-reactive ketones (excluding diaryl/α,β-unsaturated/α-hetero) is 1. The molecule has 0 saturated carbocycles. The van der Waals surface area contributed by atoms with Crippen molar-refractivity contribution in [2.24, 2.45) is 0 Å². The smallest absolute Gasteiger partial charge is 0.197 e. The number of ether oxygens (including phenoxy) is 1. The van der Waals surface area contributed by atoms with E-state index in [2.05, 4.69) is 0 Å². The van der Waals surface area contributed by atoms with Gasteiger partial charge < -0.3 is 4.74 Å². The zero-order chi connectivity index (χ0) is 13.3. The molecule has 1 aromatic carbocycles. The van der Waals surface area contributed by atoms with E-state index in [0.29, 0.717) is 13.0 Å². The average Bonchev–Trinajstić information content (AvgIpc) is 2.36. The second-order valence-corrected chi connectivity index (χ2v) is 4.59. The minimum absolute atomic E-state index is 0.410. The quantitative estimate of drug-likeness (QED) is 0.601.